The summed E-state index contributed by atoms with van der Waals surface area (Å²) >= 11 is 0. The average Bonchev–Trinajstić information content (AvgIpc) is 2.98. The molecular weight excluding hydrogens is 188 g/mol. The van der Waals surface area contributed by atoms with Crippen LogP contribution < -0.4 is 0 Å². The third-order valence-corrected chi connectivity index (χ3v) is 3.92. The van der Waals surface area contributed by atoms with Gasteiger partial charge in [0.15, 0.2) is 0 Å². The first-order valence-corrected chi connectivity index (χ1v) is 6.49. The number of hydrogen-bond donors (Lipinski definition) is 1. The Hall–Kier alpha value is -0.530. The molecular formula is C13H22O2. The highest BCUT2D eigenvalue weighted by Gasteiger charge is 2.46. The second-order valence-electron chi connectivity index (χ2n) is 5.34. The molecule has 0 radical (unpaired) electrons. The predicted molar refractivity (Wildman–Crippen MR) is 59.7 cm³/mol. The maximum atomic E-state index is 10.3. The standard InChI is InChI=1S/C13H22O2/c14-13(15)6-4-2-1-3-5-11-9-12(11)10-7-8-10/h10-12H,1-9H2,(H,14,15)/t11-,12+/m1/s1. The number of carboxylic acids is 1. The van der Waals surface area contributed by atoms with Crippen molar-refractivity contribution in [3.63, 3.8) is 0 Å². The van der Waals surface area contributed by atoms with Crippen LogP contribution in [0.5, 0.6) is 0 Å². The van der Waals surface area contributed by atoms with E-state index in [9.17, 15) is 4.79 Å². The second kappa shape index (κ2) is 5.00. The first-order chi connectivity index (χ1) is 7.27. The molecule has 0 spiro atoms. The van der Waals surface area contributed by atoms with Crippen molar-refractivity contribution in [1.29, 1.82) is 0 Å². The van der Waals surface area contributed by atoms with Crippen LogP contribution in [0.3, 0.4) is 0 Å². The van der Waals surface area contributed by atoms with Crippen LogP contribution in [0.1, 0.15) is 57.8 Å². The number of unbranched alkanes of at least 4 members (excludes halogenated alkanes) is 3. The third-order valence-electron chi connectivity index (χ3n) is 3.92. The Kier molecular flexibility index (Phi) is 3.66. The molecule has 0 aliphatic heterocycles. The van der Waals surface area contributed by atoms with Gasteiger partial charge in [-0.15, -0.1) is 0 Å². The highest BCUT2D eigenvalue weighted by Crippen LogP contribution is 2.56. The van der Waals surface area contributed by atoms with Gasteiger partial charge in [-0.3, -0.25) is 4.79 Å². The molecule has 2 heteroatoms. The van der Waals surface area contributed by atoms with E-state index in [4.69, 9.17) is 5.11 Å². The van der Waals surface area contributed by atoms with Crippen molar-refractivity contribution in [3.05, 3.63) is 0 Å². The van der Waals surface area contributed by atoms with Crippen LogP contribution >= 0.6 is 0 Å². The fourth-order valence-electron chi connectivity index (χ4n) is 2.74. The fraction of sp³-hybridized carbons (Fsp3) is 0.923. The van der Waals surface area contributed by atoms with Gasteiger partial charge in [0.05, 0.1) is 0 Å². The summed E-state index contributed by atoms with van der Waals surface area (Å²) in [5.74, 6) is 2.62. The molecule has 0 amide bonds. The molecule has 2 rings (SSSR count). The molecule has 2 aliphatic rings. The largest absolute Gasteiger partial charge is 0.481 e. The molecule has 2 aliphatic carbocycles. The third kappa shape index (κ3) is 3.84. The van der Waals surface area contributed by atoms with Gasteiger partial charge in [0.1, 0.15) is 0 Å². The topological polar surface area (TPSA) is 37.3 Å². The van der Waals surface area contributed by atoms with E-state index in [0.717, 1.165) is 30.6 Å². The number of carbonyl (C=O) groups is 1. The lowest BCUT2D eigenvalue weighted by atomic mass is 10.1. The van der Waals surface area contributed by atoms with Gasteiger partial charge < -0.3 is 5.11 Å². The van der Waals surface area contributed by atoms with Crippen LogP contribution in [0.15, 0.2) is 0 Å². The number of rotatable bonds is 8. The van der Waals surface area contributed by atoms with Gasteiger partial charge in [0, 0.05) is 6.42 Å². The minimum atomic E-state index is -0.647. The van der Waals surface area contributed by atoms with E-state index < -0.39 is 5.97 Å². The van der Waals surface area contributed by atoms with Crippen molar-refractivity contribution in [2.45, 2.75) is 57.8 Å². The minimum Gasteiger partial charge on any atom is -0.481 e. The van der Waals surface area contributed by atoms with E-state index in [1.807, 2.05) is 0 Å². The van der Waals surface area contributed by atoms with E-state index in [-0.39, 0.29) is 0 Å². The minimum absolute atomic E-state index is 0.355. The smallest absolute Gasteiger partial charge is 0.303 e. The fourth-order valence-corrected chi connectivity index (χ4v) is 2.74. The summed E-state index contributed by atoms with van der Waals surface area (Å²) in [5.41, 5.74) is 0. The summed E-state index contributed by atoms with van der Waals surface area (Å²) in [4.78, 5) is 10.3. The van der Waals surface area contributed by atoms with Gasteiger partial charge in [-0.05, 0) is 43.4 Å². The number of hydrogen-bond acceptors (Lipinski definition) is 1. The van der Waals surface area contributed by atoms with Gasteiger partial charge in [0.25, 0.3) is 0 Å². The molecule has 86 valence electrons. The lowest BCUT2D eigenvalue weighted by molar-refractivity contribution is -0.137. The van der Waals surface area contributed by atoms with Crippen LogP contribution in [0.4, 0.5) is 0 Å². The summed E-state index contributed by atoms with van der Waals surface area (Å²) in [6.45, 7) is 0. The summed E-state index contributed by atoms with van der Waals surface area (Å²) in [7, 11) is 0. The van der Waals surface area contributed by atoms with Crippen LogP contribution in [0, 0.1) is 17.8 Å². The molecule has 2 nitrogen and oxygen atoms in total. The van der Waals surface area contributed by atoms with Gasteiger partial charge in [-0.25, -0.2) is 0 Å². The predicted octanol–water partition coefficient (Wildman–Crippen LogP) is 3.46. The van der Waals surface area contributed by atoms with E-state index in [2.05, 4.69) is 0 Å². The second-order valence-corrected chi connectivity index (χ2v) is 5.34. The molecule has 2 fully saturated rings. The molecule has 0 unspecified atom stereocenters. The van der Waals surface area contributed by atoms with Gasteiger partial charge >= 0.3 is 5.97 Å². The van der Waals surface area contributed by atoms with Crippen molar-refractivity contribution >= 4 is 5.97 Å². The van der Waals surface area contributed by atoms with Crippen LogP contribution in [0.2, 0.25) is 0 Å². The van der Waals surface area contributed by atoms with Crippen molar-refractivity contribution in [2.75, 3.05) is 0 Å². The molecule has 1 N–H and O–H groups in total. The van der Waals surface area contributed by atoms with Crippen LogP contribution in [-0.4, -0.2) is 11.1 Å². The van der Waals surface area contributed by atoms with Gasteiger partial charge in [-0.2, -0.15) is 0 Å². The Bertz CT molecular complexity index is 221. The Morgan fingerprint density at radius 2 is 1.87 bits per heavy atom. The highest BCUT2D eigenvalue weighted by atomic mass is 16.4. The molecule has 0 aromatic heterocycles. The Morgan fingerprint density at radius 1 is 1.13 bits per heavy atom. The van der Waals surface area contributed by atoms with Crippen molar-refractivity contribution < 1.29 is 9.90 Å². The van der Waals surface area contributed by atoms with Crippen molar-refractivity contribution in [1.82, 2.24) is 0 Å². The lowest BCUT2D eigenvalue weighted by Crippen LogP contribution is -1.93. The highest BCUT2D eigenvalue weighted by molar-refractivity contribution is 5.66. The average molecular weight is 210 g/mol. The molecule has 0 bridgehead atoms. The summed E-state index contributed by atoms with van der Waals surface area (Å²) < 4.78 is 0. The maximum absolute atomic E-state index is 10.3. The SMILES string of the molecule is O=C(O)CCCCCC[C@@H]1C[C@H]1C1CC1. The van der Waals surface area contributed by atoms with Gasteiger partial charge in [0.2, 0.25) is 0 Å². The normalized spacial score (nSPS) is 29.1. The Balaban J connectivity index is 1.38. The summed E-state index contributed by atoms with van der Waals surface area (Å²) in [6.07, 6.45) is 10.8. The summed E-state index contributed by atoms with van der Waals surface area (Å²) in [5, 5.41) is 8.47. The van der Waals surface area contributed by atoms with Crippen LogP contribution in [0.25, 0.3) is 0 Å². The van der Waals surface area contributed by atoms with E-state index in [0.29, 0.717) is 6.42 Å². The zero-order chi connectivity index (χ0) is 10.7. The number of aliphatic carboxylic acids is 1. The molecule has 0 aromatic carbocycles. The van der Waals surface area contributed by atoms with E-state index in [1.54, 1.807) is 0 Å². The molecule has 0 aromatic rings. The molecule has 0 heterocycles. The first-order valence-electron chi connectivity index (χ1n) is 6.49. The maximum Gasteiger partial charge on any atom is 0.303 e. The van der Waals surface area contributed by atoms with Gasteiger partial charge in [-0.1, -0.05) is 25.7 Å². The van der Waals surface area contributed by atoms with Crippen molar-refractivity contribution in [2.24, 2.45) is 17.8 Å². The Morgan fingerprint density at radius 3 is 2.53 bits per heavy atom. The lowest BCUT2D eigenvalue weighted by Gasteiger charge is -1.99. The zero-order valence-electron chi connectivity index (χ0n) is 9.45. The first kappa shape index (κ1) is 11.0. The monoisotopic (exact) mass is 210 g/mol. The molecule has 15 heavy (non-hydrogen) atoms. The van der Waals surface area contributed by atoms with E-state index in [1.165, 1.54) is 38.5 Å². The number of carboxylic acid groups (broad SMARTS) is 1. The van der Waals surface area contributed by atoms with E-state index >= 15 is 0 Å². The quantitative estimate of drug-likeness (QED) is 0.623. The van der Waals surface area contributed by atoms with Crippen molar-refractivity contribution in [3.8, 4) is 0 Å². The zero-order valence-corrected chi connectivity index (χ0v) is 9.45. The Labute approximate surface area is 92.1 Å². The molecule has 2 saturated carbocycles. The molecule has 2 atom stereocenters. The summed E-state index contributed by atoms with van der Waals surface area (Å²) in [6, 6.07) is 0. The van der Waals surface area contributed by atoms with Crippen LogP contribution in [-0.2, 0) is 4.79 Å². The molecule has 0 saturated heterocycles.